The summed E-state index contributed by atoms with van der Waals surface area (Å²) in [6.07, 6.45) is 1.05. The fraction of sp³-hybridized carbons (Fsp3) is 0.0769. The van der Waals surface area contributed by atoms with Gasteiger partial charge in [-0.05, 0) is 56.3 Å². The first-order valence-electron chi connectivity index (χ1n) is 9.82. The normalized spacial score (nSPS) is 10.7. The Bertz CT molecular complexity index is 1350. The standard InChI is InChI=1S/C26H19FO4S/c1-4-23(28)30-20-7-5-6-8-21(20)31-25-19-10-9-18(27)14-22(19)32-26(25)24(29)17-12-15(2)11-16(3)13-17/h4-14H,1H2,2-3H3. The van der Waals surface area contributed by atoms with Gasteiger partial charge in [-0.3, -0.25) is 4.79 Å². The van der Waals surface area contributed by atoms with E-state index in [-0.39, 0.29) is 23.0 Å². The average molecular weight is 446 g/mol. The van der Waals surface area contributed by atoms with Crippen molar-refractivity contribution in [2.75, 3.05) is 0 Å². The number of carbonyl (C=O) groups is 2. The lowest BCUT2D eigenvalue weighted by Crippen LogP contribution is -2.05. The van der Waals surface area contributed by atoms with E-state index in [4.69, 9.17) is 9.47 Å². The van der Waals surface area contributed by atoms with Crippen LogP contribution in [0.15, 0.2) is 73.3 Å². The van der Waals surface area contributed by atoms with E-state index in [1.165, 1.54) is 12.1 Å². The maximum atomic E-state index is 13.9. The Hall–Kier alpha value is -3.77. The van der Waals surface area contributed by atoms with E-state index < -0.39 is 11.8 Å². The van der Waals surface area contributed by atoms with Crippen LogP contribution in [0.5, 0.6) is 17.2 Å². The molecule has 0 spiro atoms. The van der Waals surface area contributed by atoms with E-state index in [9.17, 15) is 14.0 Å². The van der Waals surface area contributed by atoms with Crippen molar-refractivity contribution in [2.45, 2.75) is 13.8 Å². The number of rotatable bonds is 6. The van der Waals surface area contributed by atoms with Gasteiger partial charge in [0, 0.05) is 21.7 Å². The fourth-order valence-corrected chi connectivity index (χ4v) is 4.53. The molecule has 0 aliphatic heterocycles. The number of benzene rings is 3. The topological polar surface area (TPSA) is 52.6 Å². The molecular formula is C26H19FO4S. The molecule has 0 saturated carbocycles. The Balaban J connectivity index is 1.85. The number of aryl methyl sites for hydroxylation is 2. The maximum Gasteiger partial charge on any atom is 0.335 e. The number of halogens is 1. The highest BCUT2D eigenvalue weighted by Crippen LogP contribution is 2.43. The molecule has 0 unspecified atom stereocenters. The molecule has 4 nitrogen and oxygen atoms in total. The van der Waals surface area contributed by atoms with Crippen molar-refractivity contribution in [3.63, 3.8) is 0 Å². The highest BCUT2D eigenvalue weighted by molar-refractivity contribution is 7.21. The number of ether oxygens (including phenoxy) is 2. The van der Waals surface area contributed by atoms with Crippen LogP contribution in [0.1, 0.15) is 26.4 Å². The zero-order chi connectivity index (χ0) is 22.8. The minimum absolute atomic E-state index is 0.184. The zero-order valence-electron chi connectivity index (χ0n) is 17.5. The van der Waals surface area contributed by atoms with E-state index in [1.54, 1.807) is 30.3 Å². The van der Waals surface area contributed by atoms with Crippen molar-refractivity contribution in [1.29, 1.82) is 0 Å². The van der Waals surface area contributed by atoms with Crippen LogP contribution in [-0.4, -0.2) is 11.8 Å². The minimum Gasteiger partial charge on any atom is -0.451 e. The second kappa shape index (κ2) is 8.77. The molecule has 4 aromatic rings. The van der Waals surface area contributed by atoms with Crippen LogP contribution in [0.2, 0.25) is 0 Å². The molecule has 0 fully saturated rings. The summed E-state index contributed by atoms with van der Waals surface area (Å²) in [5.74, 6) is -0.545. The van der Waals surface area contributed by atoms with Gasteiger partial charge in [0.15, 0.2) is 17.2 Å². The van der Waals surface area contributed by atoms with Crippen molar-refractivity contribution in [3.8, 4) is 17.2 Å². The summed E-state index contributed by atoms with van der Waals surface area (Å²) in [4.78, 5) is 25.5. The first-order chi connectivity index (χ1) is 15.4. The molecule has 32 heavy (non-hydrogen) atoms. The number of hydrogen-bond acceptors (Lipinski definition) is 5. The molecular weight excluding hydrogens is 427 g/mol. The minimum atomic E-state index is -0.634. The summed E-state index contributed by atoms with van der Waals surface area (Å²) < 4.78 is 25.9. The van der Waals surface area contributed by atoms with Gasteiger partial charge in [-0.15, -0.1) is 11.3 Å². The van der Waals surface area contributed by atoms with Gasteiger partial charge in [0.2, 0.25) is 5.78 Å². The molecule has 0 N–H and O–H groups in total. The van der Waals surface area contributed by atoms with Gasteiger partial charge in [-0.25, -0.2) is 9.18 Å². The quantitative estimate of drug-likeness (QED) is 0.142. The Morgan fingerprint density at radius 2 is 1.66 bits per heavy atom. The van der Waals surface area contributed by atoms with Crippen molar-refractivity contribution in [1.82, 2.24) is 0 Å². The summed E-state index contributed by atoms with van der Waals surface area (Å²) in [5, 5.41) is 0.592. The van der Waals surface area contributed by atoms with Crippen molar-refractivity contribution in [3.05, 3.63) is 101 Å². The predicted molar refractivity (Wildman–Crippen MR) is 123 cm³/mol. The Kier molecular flexibility index (Phi) is 5.88. The number of fused-ring (bicyclic) bond motifs is 1. The largest absolute Gasteiger partial charge is 0.451 e. The van der Waals surface area contributed by atoms with E-state index in [0.717, 1.165) is 28.5 Å². The number of para-hydroxylation sites is 2. The van der Waals surface area contributed by atoms with Gasteiger partial charge in [0.1, 0.15) is 10.7 Å². The molecule has 0 aliphatic carbocycles. The van der Waals surface area contributed by atoms with Gasteiger partial charge in [-0.2, -0.15) is 0 Å². The SMILES string of the molecule is C=CC(=O)Oc1ccccc1Oc1c(C(=O)c2cc(C)cc(C)c2)sc2cc(F)ccc12. The van der Waals surface area contributed by atoms with Crippen LogP contribution in [-0.2, 0) is 4.79 Å². The van der Waals surface area contributed by atoms with Crippen LogP contribution in [0, 0.1) is 19.7 Å². The molecule has 1 aromatic heterocycles. The molecule has 0 saturated heterocycles. The smallest absolute Gasteiger partial charge is 0.335 e. The highest BCUT2D eigenvalue weighted by atomic mass is 32.1. The van der Waals surface area contributed by atoms with Gasteiger partial charge in [-0.1, -0.05) is 35.9 Å². The fourth-order valence-electron chi connectivity index (χ4n) is 3.41. The Morgan fingerprint density at radius 3 is 2.34 bits per heavy atom. The predicted octanol–water partition coefficient (Wildman–Crippen LogP) is 6.77. The summed E-state index contributed by atoms with van der Waals surface area (Å²) in [5.41, 5.74) is 2.44. The van der Waals surface area contributed by atoms with Crippen LogP contribution >= 0.6 is 11.3 Å². The number of carbonyl (C=O) groups excluding carboxylic acids is 2. The zero-order valence-corrected chi connectivity index (χ0v) is 18.3. The van der Waals surface area contributed by atoms with Gasteiger partial charge in [0.05, 0.1) is 0 Å². The van der Waals surface area contributed by atoms with Gasteiger partial charge >= 0.3 is 5.97 Å². The van der Waals surface area contributed by atoms with E-state index >= 15 is 0 Å². The molecule has 0 radical (unpaired) electrons. The third-order valence-corrected chi connectivity index (χ3v) is 5.87. The first-order valence-corrected chi connectivity index (χ1v) is 10.6. The van der Waals surface area contributed by atoms with E-state index in [2.05, 4.69) is 6.58 Å². The highest BCUT2D eigenvalue weighted by Gasteiger charge is 2.24. The average Bonchev–Trinajstić information content (AvgIpc) is 3.11. The van der Waals surface area contributed by atoms with Crippen LogP contribution in [0.4, 0.5) is 4.39 Å². The number of thiophene rings is 1. The van der Waals surface area contributed by atoms with E-state index in [1.807, 2.05) is 32.0 Å². The maximum absolute atomic E-state index is 13.9. The monoisotopic (exact) mass is 446 g/mol. The van der Waals surface area contributed by atoms with E-state index in [0.29, 0.717) is 20.5 Å². The third kappa shape index (κ3) is 4.31. The van der Waals surface area contributed by atoms with Crippen LogP contribution in [0.3, 0.4) is 0 Å². The van der Waals surface area contributed by atoms with Crippen LogP contribution < -0.4 is 9.47 Å². The molecule has 4 rings (SSSR count). The third-order valence-electron chi connectivity index (χ3n) is 4.74. The van der Waals surface area contributed by atoms with Gasteiger partial charge < -0.3 is 9.47 Å². The van der Waals surface area contributed by atoms with Crippen LogP contribution in [0.25, 0.3) is 10.1 Å². The number of ketones is 1. The molecule has 0 atom stereocenters. The second-order valence-corrected chi connectivity index (χ2v) is 8.33. The van der Waals surface area contributed by atoms with Gasteiger partial charge in [0.25, 0.3) is 0 Å². The lowest BCUT2D eigenvalue weighted by atomic mass is 10.0. The Morgan fingerprint density at radius 1 is 0.969 bits per heavy atom. The summed E-state index contributed by atoms with van der Waals surface area (Å²) in [6.45, 7) is 7.25. The summed E-state index contributed by atoms with van der Waals surface area (Å²) >= 11 is 1.16. The van der Waals surface area contributed by atoms with Crippen molar-refractivity contribution < 1.29 is 23.5 Å². The molecule has 160 valence electrons. The molecule has 0 aliphatic rings. The number of esters is 1. The summed E-state index contributed by atoms with van der Waals surface area (Å²) in [7, 11) is 0. The second-order valence-electron chi connectivity index (χ2n) is 7.28. The lowest BCUT2D eigenvalue weighted by Gasteiger charge is -2.12. The lowest BCUT2D eigenvalue weighted by molar-refractivity contribution is -0.129. The van der Waals surface area contributed by atoms with Crippen molar-refractivity contribution in [2.24, 2.45) is 0 Å². The van der Waals surface area contributed by atoms with Crippen molar-refractivity contribution >= 4 is 33.2 Å². The number of hydrogen-bond donors (Lipinski definition) is 0. The molecule has 6 heteroatoms. The summed E-state index contributed by atoms with van der Waals surface area (Å²) in [6, 6.07) is 16.5. The molecule has 0 bridgehead atoms. The Labute approximate surface area is 188 Å². The first kappa shape index (κ1) is 21.5. The molecule has 1 heterocycles. The molecule has 3 aromatic carbocycles. The molecule has 0 amide bonds.